The van der Waals surface area contributed by atoms with Crippen LogP contribution in [0.25, 0.3) is 0 Å². The van der Waals surface area contributed by atoms with Crippen LogP contribution in [0.15, 0.2) is 30.6 Å². The Labute approximate surface area is 110 Å². The number of carboxylic acids is 1. The van der Waals surface area contributed by atoms with Crippen molar-refractivity contribution in [2.45, 2.75) is 12.8 Å². The van der Waals surface area contributed by atoms with Gasteiger partial charge in [0.1, 0.15) is 11.4 Å². The number of pyridine rings is 1. The highest BCUT2D eigenvalue weighted by atomic mass is 19.4. The van der Waals surface area contributed by atoms with Gasteiger partial charge in [0.15, 0.2) is 0 Å². The van der Waals surface area contributed by atoms with Gasteiger partial charge in [0.2, 0.25) is 0 Å². The second-order valence-electron chi connectivity index (χ2n) is 3.78. The smallest absolute Gasteiger partial charge is 0.478 e. The van der Waals surface area contributed by atoms with Crippen LogP contribution in [0.4, 0.5) is 19.0 Å². The highest BCUT2D eigenvalue weighted by molar-refractivity contribution is 5.92. The molecule has 2 aromatic heterocycles. The van der Waals surface area contributed by atoms with E-state index >= 15 is 0 Å². The molecule has 0 spiro atoms. The van der Waals surface area contributed by atoms with Crippen molar-refractivity contribution in [2.75, 3.05) is 5.32 Å². The molecule has 0 bridgehead atoms. The lowest BCUT2D eigenvalue weighted by Crippen LogP contribution is -2.17. The number of aromatic nitrogens is 3. The van der Waals surface area contributed by atoms with Crippen molar-refractivity contribution >= 4 is 11.8 Å². The first-order valence-corrected chi connectivity index (χ1v) is 5.42. The number of hydrogen-bond donors (Lipinski definition) is 2. The van der Waals surface area contributed by atoms with Crippen molar-refractivity contribution in [3.8, 4) is 0 Å². The number of aromatic carboxylic acids is 1. The summed E-state index contributed by atoms with van der Waals surface area (Å²) in [5, 5.41) is 14.9. The number of halogens is 3. The van der Waals surface area contributed by atoms with E-state index in [0.29, 0.717) is 0 Å². The summed E-state index contributed by atoms with van der Waals surface area (Å²) in [6.45, 7) is -0.0691. The number of anilines is 1. The van der Waals surface area contributed by atoms with Gasteiger partial charge >= 0.3 is 12.3 Å². The van der Waals surface area contributed by atoms with Crippen molar-refractivity contribution in [3.05, 3.63) is 41.9 Å². The lowest BCUT2D eigenvalue weighted by molar-refractivity contribution is -0.212. The van der Waals surface area contributed by atoms with Crippen molar-refractivity contribution in [2.24, 2.45) is 0 Å². The molecule has 20 heavy (non-hydrogen) atoms. The number of carboxylic acid groups (broad SMARTS) is 1. The van der Waals surface area contributed by atoms with Gasteiger partial charge in [0.25, 0.3) is 0 Å². The topological polar surface area (TPSA) is 80.0 Å². The Balaban J connectivity index is 2.10. The average Bonchev–Trinajstić information content (AvgIpc) is 2.85. The van der Waals surface area contributed by atoms with Crippen molar-refractivity contribution in [3.63, 3.8) is 0 Å². The summed E-state index contributed by atoms with van der Waals surface area (Å²) in [5.74, 6) is -1.11. The normalized spacial score (nSPS) is 11.3. The molecule has 9 heteroatoms. The summed E-state index contributed by atoms with van der Waals surface area (Å²) in [7, 11) is 0. The molecule has 6 nitrogen and oxygen atoms in total. The molecular weight excluding hydrogens is 277 g/mol. The van der Waals surface area contributed by atoms with Gasteiger partial charge in [-0.25, -0.2) is 9.78 Å². The van der Waals surface area contributed by atoms with Crippen LogP contribution in [0.1, 0.15) is 16.1 Å². The maximum atomic E-state index is 12.3. The van der Waals surface area contributed by atoms with Crippen LogP contribution in [0.2, 0.25) is 0 Å². The molecule has 2 aromatic rings. The predicted octanol–water partition coefficient (Wildman–Crippen LogP) is 2.06. The minimum atomic E-state index is -4.57. The molecular formula is C11H9F3N4O2. The third kappa shape index (κ3) is 3.05. The van der Waals surface area contributed by atoms with E-state index in [1.54, 1.807) is 0 Å². The van der Waals surface area contributed by atoms with Crippen LogP contribution in [0.3, 0.4) is 0 Å². The second kappa shape index (κ2) is 5.19. The Hall–Kier alpha value is -2.58. The molecule has 0 fully saturated rings. The highest BCUT2D eigenvalue weighted by Gasteiger charge is 2.31. The first kappa shape index (κ1) is 13.8. The first-order valence-electron chi connectivity index (χ1n) is 5.42. The maximum Gasteiger partial charge on any atom is 0.504 e. The lowest BCUT2D eigenvalue weighted by atomic mass is 10.2. The molecule has 0 aromatic carbocycles. The molecule has 2 heterocycles. The van der Waals surface area contributed by atoms with Gasteiger partial charge in [-0.1, -0.05) is 0 Å². The summed E-state index contributed by atoms with van der Waals surface area (Å²) in [6.07, 6.45) is -2.41. The van der Waals surface area contributed by atoms with Crippen molar-refractivity contribution in [1.82, 2.24) is 14.8 Å². The van der Waals surface area contributed by atoms with E-state index in [0.717, 1.165) is 6.20 Å². The Kier molecular flexibility index (Phi) is 3.59. The number of nitrogens with zero attached hydrogens (tertiary/aromatic N) is 3. The number of hydrogen-bond acceptors (Lipinski definition) is 4. The maximum absolute atomic E-state index is 12.3. The number of alkyl halides is 3. The van der Waals surface area contributed by atoms with Gasteiger partial charge < -0.3 is 10.4 Å². The minimum Gasteiger partial charge on any atom is -0.478 e. The number of carbonyl (C=O) groups is 1. The van der Waals surface area contributed by atoms with E-state index in [1.165, 1.54) is 24.4 Å². The largest absolute Gasteiger partial charge is 0.504 e. The molecule has 0 unspecified atom stereocenters. The van der Waals surface area contributed by atoms with E-state index < -0.39 is 12.3 Å². The van der Waals surface area contributed by atoms with Crippen molar-refractivity contribution < 1.29 is 23.1 Å². The second-order valence-corrected chi connectivity index (χ2v) is 3.78. The summed E-state index contributed by atoms with van der Waals surface area (Å²) in [4.78, 5) is 14.7. The van der Waals surface area contributed by atoms with E-state index in [1.807, 2.05) is 0 Å². The van der Waals surface area contributed by atoms with Gasteiger partial charge in [-0.2, -0.15) is 9.78 Å². The van der Waals surface area contributed by atoms with E-state index in [2.05, 4.69) is 15.4 Å². The summed E-state index contributed by atoms with van der Waals surface area (Å²) in [6, 6.07) is 3.98. The fraction of sp³-hybridized carbons (Fsp3) is 0.182. The Bertz CT molecular complexity index is 624. The number of rotatable bonds is 4. The molecule has 0 amide bonds. The van der Waals surface area contributed by atoms with Gasteiger partial charge in [-0.05, 0) is 18.2 Å². The predicted molar refractivity (Wildman–Crippen MR) is 62.0 cm³/mol. The third-order valence-corrected chi connectivity index (χ3v) is 2.38. The third-order valence-electron chi connectivity index (χ3n) is 2.38. The Morgan fingerprint density at radius 1 is 1.40 bits per heavy atom. The number of nitrogens with one attached hydrogen (secondary N) is 1. The first-order chi connectivity index (χ1) is 9.38. The summed E-state index contributed by atoms with van der Waals surface area (Å²) < 4.78 is 36.8. The van der Waals surface area contributed by atoms with Crippen LogP contribution in [0, 0.1) is 0 Å². The molecule has 2 rings (SSSR count). The van der Waals surface area contributed by atoms with Gasteiger partial charge in [0, 0.05) is 12.4 Å². The minimum absolute atomic E-state index is 0.0669. The molecule has 106 valence electrons. The lowest BCUT2D eigenvalue weighted by Gasteiger charge is -2.07. The molecule has 0 saturated heterocycles. The standard InChI is InChI=1S/C11H9F3N4O2/c12-11(13,14)18-5-3-7(17-18)6-16-9-8(10(19)20)2-1-4-15-9/h1-5H,6H2,(H,15,16)(H,19,20). The zero-order chi connectivity index (χ0) is 14.8. The molecule has 2 N–H and O–H groups in total. The quantitative estimate of drug-likeness (QED) is 0.899. The summed E-state index contributed by atoms with van der Waals surface area (Å²) >= 11 is 0. The molecule has 0 atom stereocenters. The van der Waals surface area contributed by atoms with Gasteiger partial charge in [0.05, 0.1) is 12.2 Å². The molecule has 0 aliphatic carbocycles. The zero-order valence-electron chi connectivity index (χ0n) is 9.92. The molecule has 0 radical (unpaired) electrons. The van der Waals surface area contributed by atoms with E-state index in [4.69, 9.17) is 5.11 Å². The van der Waals surface area contributed by atoms with Crippen LogP contribution < -0.4 is 5.32 Å². The highest BCUT2D eigenvalue weighted by Crippen LogP contribution is 2.21. The van der Waals surface area contributed by atoms with Gasteiger partial charge in [-0.15, -0.1) is 13.2 Å². The Morgan fingerprint density at radius 2 is 2.15 bits per heavy atom. The van der Waals surface area contributed by atoms with E-state index in [9.17, 15) is 18.0 Å². The van der Waals surface area contributed by atoms with Crippen LogP contribution in [-0.2, 0) is 12.8 Å². The molecule has 0 aliphatic heterocycles. The van der Waals surface area contributed by atoms with Crippen LogP contribution in [0.5, 0.6) is 0 Å². The van der Waals surface area contributed by atoms with Crippen molar-refractivity contribution in [1.29, 1.82) is 0 Å². The Morgan fingerprint density at radius 3 is 2.75 bits per heavy atom. The molecule has 0 aliphatic rings. The SMILES string of the molecule is O=C(O)c1cccnc1NCc1ccn(C(F)(F)F)n1. The fourth-order valence-electron chi connectivity index (χ4n) is 1.49. The van der Waals surface area contributed by atoms with Gasteiger partial charge in [-0.3, -0.25) is 0 Å². The zero-order valence-corrected chi connectivity index (χ0v) is 9.92. The van der Waals surface area contributed by atoms with Crippen LogP contribution >= 0.6 is 0 Å². The molecule has 0 saturated carbocycles. The monoisotopic (exact) mass is 286 g/mol. The average molecular weight is 286 g/mol. The fourth-order valence-corrected chi connectivity index (χ4v) is 1.49. The van der Waals surface area contributed by atoms with E-state index in [-0.39, 0.29) is 28.3 Å². The van der Waals surface area contributed by atoms with Crippen LogP contribution in [-0.4, -0.2) is 25.8 Å². The summed E-state index contributed by atoms with van der Waals surface area (Å²) in [5.41, 5.74) is 0.0482.